The molecular weight excluding hydrogens is 1810 g/mol. The molecular formula is C99H134O19S10. The van der Waals surface area contributed by atoms with Crippen molar-refractivity contribution in [3.63, 3.8) is 0 Å². The van der Waals surface area contributed by atoms with E-state index in [1.165, 1.54) is 38.8 Å². The third-order valence-corrected chi connectivity index (χ3v) is 28.7. The lowest BCUT2D eigenvalue weighted by molar-refractivity contribution is -0.117. The summed E-state index contributed by atoms with van der Waals surface area (Å²) in [5.74, 6) is 20.3. The minimum Gasteiger partial charge on any atom is -0.468 e. The molecule has 0 spiro atoms. The molecule has 0 aliphatic carbocycles. The standard InChI is InChI=1S/C12H18O2S.C11H10O3S.3C11H16O2S.C10H14O2S.C10H12O2S.C8H10O2S.C8H12OS.C7H10OS/c1-4-5-11(6-7-13)15-12-8-9(2)14-10(12)3;1-7-6-10(8(2)14-7)15-11(12)9-4-3-5-13-9;1-7(12)5-9(3)14-11-6-8(2)13-10(11)4;1-8-7-10(9(2)13-8)14-11(3,4)5-6-12;1-4-10(5-6-12)14-11-7-8(2)13-9(11)3;1-7-6-10(9(3)12-7)13-8(2)4-5-11;1-9-7-10(8-12-9)13-6-4-2-3-5-11;1-5-4-8(6(2)10-5)11-7(3)9;1-4-10-8-5-6(2)9-7(8)3;1-5-4-7(9-3)6(2)8-5/h7-8,11H,4-6H2,1-3H3;3-6H,1-2H3;6,9H,5H2,1-4H3;6-7H,5H2,1-4H3;6-7,10H,4-5H2,1-3H3;5-6,8H,4H2,1-3H3;2-3,5,7-8H,4,6H2,1H3;4H,1-3H3;5H,4H2,1-3H3;4H,1-3H3/b;;;;;;3-2+;;;. The normalized spacial score (nSPS) is 11.6. The lowest BCUT2D eigenvalue weighted by Crippen LogP contribution is -2.14. The Bertz CT molecular complexity index is 5070. The molecule has 11 aromatic rings. The van der Waals surface area contributed by atoms with Crippen molar-refractivity contribution in [3.8, 4) is 0 Å². The quantitative estimate of drug-likeness (QED) is 0.0157. The maximum Gasteiger partial charge on any atom is 0.259 e. The average molecular weight is 1950 g/mol. The van der Waals surface area contributed by atoms with Gasteiger partial charge in [-0.1, -0.05) is 47.1 Å². The summed E-state index contributed by atoms with van der Waals surface area (Å²) >= 11 is 16.2. The zero-order valence-electron chi connectivity index (χ0n) is 80.1. The van der Waals surface area contributed by atoms with Crippen molar-refractivity contribution in [2.24, 2.45) is 0 Å². The molecule has 0 saturated carbocycles. The van der Waals surface area contributed by atoms with E-state index in [0.29, 0.717) is 58.9 Å². The highest BCUT2D eigenvalue weighted by Gasteiger charge is 2.23. The highest BCUT2D eigenvalue weighted by atomic mass is 32.2. The van der Waals surface area contributed by atoms with Gasteiger partial charge in [-0.2, -0.15) is 0 Å². The molecule has 4 unspecified atom stereocenters. The Balaban J connectivity index is 0.000000483. The number of aryl methyl sites for hydroxylation is 19. The lowest BCUT2D eigenvalue weighted by atomic mass is 10.1. The van der Waals surface area contributed by atoms with E-state index in [9.17, 15) is 38.4 Å². The molecule has 0 fully saturated rings. The Morgan fingerprint density at radius 2 is 0.820 bits per heavy atom. The number of hydrogen-bond donors (Lipinski definition) is 0. The Kier molecular flexibility index (Phi) is 58.1. The van der Waals surface area contributed by atoms with Gasteiger partial charge in [-0.15, -0.1) is 94.1 Å². The molecule has 128 heavy (non-hydrogen) atoms. The van der Waals surface area contributed by atoms with E-state index in [1.807, 2.05) is 205 Å². The molecule has 29 heteroatoms. The van der Waals surface area contributed by atoms with Gasteiger partial charge in [0.15, 0.2) is 10.9 Å². The number of allylic oxidation sites excluding steroid dienone is 2. The van der Waals surface area contributed by atoms with Crippen molar-refractivity contribution in [3.05, 3.63) is 213 Å². The van der Waals surface area contributed by atoms with E-state index in [2.05, 4.69) is 59.9 Å². The van der Waals surface area contributed by atoms with Gasteiger partial charge in [-0.05, 0) is 286 Å². The smallest absolute Gasteiger partial charge is 0.259 e. The van der Waals surface area contributed by atoms with E-state index in [1.54, 1.807) is 115 Å². The lowest BCUT2D eigenvalue weighted by Gasteiger charge is -2.20. The molecule has 0 aromatic carbocycles. The number of Topliss-reactive ketones (excluding diaryl/α,β-unsaturated/α-hetero) is 1. The van der Waals surface area contributed by atoms with Crippen LogP contribution in [-0.4, -0.2) is 91.0 Å². The van der Waals surface area contributed by atoms with Gasteiger partial charge in [-0.25, -0.2) is 0 Å². The average Bonchev–Trinajstić information content (AvgIpc) is 1.72. The summed E-state index contributed by atoms with van der Waals surface area (Å²) in [7, 11) is 0. The van der Waals surface area contributed by atoms with Crippen LogP contribution in [0.15, 0.2) is 195 Å². The van der Waals surface area contributed by atoms with Gasteiger partial charge in [0.1, 0.15) is 153 Å². The first-order valence-electron chi connectivity index (χ1n) is 42.1. The molecule has 11 aromatic heterocycles. The molecule has 11 rings (SSSR count). The first-order valence-corrected chi connectivity index (χ1v) is 51.2. The van der Waals surface area contributed by atoms with Crippen LogP contribution in [0.2, 0.25) is 0 Å². The fourth-order valence-corrected chi connectivity index (χ4v) is 21.0. The van der Waals surface area contributed by atoms with Crippen LogP contribution >= 0.6 is 118 Å². The maximum atomic E-state index is 11.7. The largest absolute Gasteiger partial charge is 0.468 e. The second-order valence-electron chi connectivity index (χ2n) is 30.1. The predicted octanol–water partition coefficient (Wildman–Crippen LogP) is 31.2. The molecule has 0 N–H and O–H groups in total. The second-order valence-corrected chi connectivity index (χ2v) is 43.0. The van der Waals surface area contributed by atoms with E-state index >= 15 is 0 Å². The van der Waals surface area contributed by atoms with Gasteiger partial charge in [0.25, 0.3) is 5.12 Å². The van der Waals surface area contributed by atoms with Gasteiger partial charge in [0, 0.05) is 110 Å². The van der Waals surface area contributed by atoms with Crippen molar-refractivity contribution >= 4 is 165 Å². The molecule has 0 aliphatic heterocycles. The van der Waals surface area contributed by atoms with Crippen molar-refractivity contribution in [1.82, 2.24) is 0 Å². The number of rotatable bonds is 34. The van der Waals surface area contributed by atoms with E-state index < -0.39 is 0 Å². The zero-order chi connectivity index (χ0) is 96.3. The fourth-order valence-electron chi connectivity index (χ4n) is 11.4. The fraction of sp³-hybridized carbons (Fsp3) is 0.455. The minimum absolute atomic E-state index is 0.0528. The number of ketones is 1. The van der Waals surface area contributed by atoms with Crippen LogP contribution in [0, 0.1) is 132 Å². The zero-order valence-corrected chi connectivity index (χ0v) is 88.2. The number of aldehydes is 5. The Morgan fingerprint density at radius 1 is 0.430 bits per heavy atom. The van der Waals surface area contributed by atoms with E-state index in [-0.39, 0.29) is 20.8 Å². The molecule has 19 nitrogen and oxygen atoms in total. The van der Waals surface area contributed by atoms with Gasteiger partial charge in [-0.3, -0.25) is 19.2 Å². The third kappa shape index (κ3) is 48.7. The number of thioether (sulfide) groups is 10. The molecule has 11 heterocycles. The predicted molar refractivity (Wildman–Crippen MR) is 534 cm³/mol. The molecule has 0 aliphatic rings. The van der Waals surface area contributed by atoms with Crippen molar-refractivity contribution in [2.45, 2.75) is 326 Å². The summed E-state index contributed by atoms with van der Waals surface area (Å²) in [6.07, 6.45) is 20.5. The second kappa shape index (κ2) is 63.7. The molecule has 4 atom stereocenters. The monoisotopic (exact) mass is 1950 g/mol. The first kappa shape index (κ1) is 117. The topological polar surface area (TPSA) is 281 Å². The Morgan fingerprint density at radius 3 is 1.16 bits per heavy atom. The van der Waals surface area contributed by atoms with Gasteiger partial charge in [0.2, 0.25) is 0 Å². The van der Waals surface area contributed by atoms with Gasteiger partial charge in [0.05, 0.1) is 16.1 Å². The van der Waals surface area contributed by atoms with Crippen LogP contribution in [0.5, 0.6) is 0 Å². The third-order valence-electron chi connectivity index (χ3n) is 17.1. The van der Waals surface area contributed by atoms with Crippen molar-refractivity contribution in [1.29, 1.82) is 0 Å². The van der Waals surface area contributed by atoms with Crippen LogP contribution in [0.4, 0.5) is 0 Å². The van der Waals surface area contributed by atoms with Crippen molar-refractivity contribution in [2.75, 3.05) is 17.8 Å². The van der Waals surface area contributed by atoms with Crippen LogP contribution in [0.3, 0.4) is 0 Å². The number of carbonyl (C=O) groups is 8. The summed E-state index contributed by atoms with van der Waals surface area (Å²) in [6, 6.07) is 23.4. The van der Waals surface area contributed by atoms with Crippen LogP contribution in [-0.2, 0) is 33.6 Å². The first-order chi connectivity index (χ1) is 60.5. The van der Waals surface area contributed by atoms with Crippen LogP contribution < -0.4 is 0 Å². The number of carbonyl (C=O) groups excluding carboxylic acids is 8. The molecule has 704 valence electrons. The summed E-state index contributed by atoms with van der Waals surface area (Å²) in [6.45, 7) is 54.6. The summed E-state index contributed by atoms with van der Waals surface area (Å²) in [5.41, 5.74) is 0. The van der Waals surface area contributed by atoms with Crippen LogP contribution in [0.25, 0.3) is 0 Å². The van der Waals surface area contributed by atoms with Crippen molar-refractivity contribution < 1.29 is 86.9 Å². The maximum absolute atomic E-state index is 11.7. The Hall–Kier alpha value is -7.32. The van der Waals surface area contributed by atoms with Crippen LogP contribution in [0.1, 0.15) is 240 Å². The highest BCUT2D eigenvalue weighted by Crippen LogP contribution is 2.40. The number of furan rings is 11. The SMILES string of the molecule is CC(=O)CC(C)Sc1cc(C)oc1C.CC(=O)Sc1cc(C)oc1C.CCC(CC=O)Sc1cc(C)oc1C.CCCC(CC=O)Sc1cc(C)oc1C.CCSc1cc(C)oc1C.CSc1cc(C)oc1C.Cc1cc(SC(=O)c2ccco2)c(C)o1.Cc1cc(SC(C)(C)CC=O)c(C)o1.Cc1cc(SC(C)CC=O)c(C)o1.Cc1cc(SCC/C=C/C=O)co1. The molecule has 0 radical (unpaired) electrons. The Labute approximate surface area is 802 Å². The summed E-state index contributed by atoms with van der Waals surface area (Å²) < 4.78 is 58.4. The van der Waals surface area contributed by atoms with E-state index in [0.717, 1.165) is 224 Å². The molecule has 0 amide bonds. The summed E-state index contributed by atoms with van der Waals surface area (Å²) in [4.78, 5) is 96.1. The molecule has 0 bridgehead atoms. The highest BCUT2D eigenvalue weighted by molar-refractivity contribution is 8.14. The summed E-state index contributed by atoms with van der Waals surface area (Å²) in [5, 5.41) is 1.40. The molecule has 0 saturated heterocycles. The number of hydrogen-bond acceptors (Lipinski definition) is 29. The van der Waals surface area contributed by atoms with Gasteiger partial charge < -0.3 is 67.8 Å². The van der Waals surface area contributed by atoms with E-state index in [4.69, 9.17) is 48.6 Å². The van der Waals surface area contributed by atoms with Gasteiger partial charge >= 0.3 is 0 Å². The minimum atomic E-state index is -0.107.